The van der Waals surface area contributed by atoms with Crippen LogP contribution in [0.3, 0.4) is 0 Å². The second-order valence-electron chi connectivity index (χ2n) is 4.29. The van der Waals surface area contributed by atoms with E-state index in [1.165, 1.54) is 38.5 Å². The van der Waals surface area contributed by atoms with Gasteiger partial charge in [0.25, 0.3) is 0 Å². The lowest BCUT2D eigenvalue weighted by Gasteiger charge is -2.21. The zero-order valence-electron chi connectivity index (χ0n) is 7.26. The summed E-state index contributed by atoms with van der Waals surface area (Å²) >= 11 is 0. The highest BCUT2D eigenvalue weighted by molar-refractivity contribution is 4.92. The molecule has 0 spiro atoms. The Morgan fingerprint density at radius 1 is 1.09 bits per heavy atom. The summed E-state index contributed by atoms with van der Waals surface area (Å²) in [7, 11) is 0. The minimum absolute atomic E-state index is 0.915. The summed E-state index contributed by atoms with van der Waals surface area (Å²) in [5.41, 5.74) is 5.63. The summed E-state index contributed by atoms with van der Waals surface area (Å²) in [6.45, 7) is 0.946. The van der Waals surface area contributed by atoms with Gasteiger partial charge in [0.05, 0.1) is 0 Å². The van der Waals surface area contributed by atoms with Crippen molar-refractivity contribution in [3.8, 4) is 0 Å². The van der Waals surface area contributed by atoms with Crippen molar-refractivity contribution in [2.24, 2.45) is 23.5 Å². The second kappa shape index (κ2) is 3.14. The molecule has 0 amide bonds. The number of nitrogens with two attached hydrogens (primary N) is 1. The van der Waals surface area contributed by atoms with Gasteiger partial charge < -0.3 is 5.73 Å². The maximum atomic E-state index is 5.63. The molecular formula is C10H19N. The summed E-state index contributed by atoms with van der Waals surface area (Å²) in [5, 5.41) is 0. The van der Waals surface area contributed by atoms with Crippen molar-refractivity contribution < 1.29 is 0 Å². The average Bonchev–Trinajstić information content (AvgIpc) is 2.85. The molecule has 0 aromatic heterocycles. The Hall–Kier alpha value is -0.0400. The fourth-order valence-electron chi connectivity index (χ4n) is 2.68. The highest BCUT2D eigenvalue weighted by Crippen LogP contribution is 2.48. The Morgan fingerprint density at radius 2 is 1.82 bits per heavy atom. The van der Waals surface area contributed by atoms with Crippen molar-refractivity contribution in [2.75, 3.05) is 6.54 Å². The first-order chi connectivity index (χ1) is 5.42. The standard InChI is InChI=1S/C10H19N/c11-7-9-6-10(9)8-4-2-1-3-5-8/h8-10H,1-7,11H2/t9-,10-/m0/s1. The molecule has 2 saturated carbocycles. The molecule has 2 N–H and O–H groups in total. The highest BCUT2D eigenvalue weighted by atomic mass is 14.6. The molecule has 0 bridgehead atoms. The first-order valence-corrected chi connectivity index (χ1v) is 5.12. The van der Waals surface area contributed by atoms with Crippen molar-refractivity contribution >= 4 is 0 Å². The van der Waals surface area contributed by atoms with Gasteiger partial charge in [-0.15, -0.1) is 0 Å². The van der Waals surface area contributed by atoms with Gasteiger partial charge in [-0.2, -0.15) is 0 Å². The molecule has 64 valence electrons. The first kappa shape index (κ1) is 7.60. The summed E-state index contributed by atoms with van der Waals surface area (Å²) in [6.07, 6.45) is 8.90. The summed E-state index contributed by atoms with van der Waals surface area (Å²) in [5.74, 6) is 3.02. The van der Waals surface area contributed by atoms with Gasteiger partial charge in [-0.25, -0.2) is 0 Å². The summed E-state index contributed by atoms with van der Waals surface area (Å²) < 4.78 is 0. The number of hydrogen-bond acceptors (Lipinski definition) is 1. The van der Waals surface area contributed by atoms with Gasteiger partial charge in [-0.3, -0.25) is 0 Å². The third kappa shape index (κ3) is 1.58. The van der Waals surface area contributed by atoms with Gasteiger partial charge in [0.2, 0.25) is 0 Å². The van der Waals surface area contributed by atoms with Crippen LogP contribution >= 0.6 is 0 Å². The van der Waals surface area contributed by atoms with E-state index in [1.807, 2.05) is 0 Å². The Kier molecular flexibility index (Phi) is 2.17. The van der Waals surface area contributed by atoms with Gasteiger partial charge in [0, 0.05) is 0 Å². The van der Waals surface area contributed by atoms with Crippen molar-refractivity contribution in [3.63, 3.8) is 0 Å². The van der Waals surface area contributed by atoms with Gasteiger partial charge in [-0.05, 0) is 30.7 Å². The zero-order valence-corrected chi connectivity index (χ0v) is 7.26. The minimum atomic E-state index is 0.915. The van der Waals surface area contributed by atoms with Crippen molar-refractivity contribution in [3.05, 3.63) is 0 Å². The average molecular weight is 153 g/mol. The van der Waals surface area contributed by atoms with E-state index in [2.05, 4.69) is 0 Å². The molecule has 0 saturated heterocycles. The van der Waals surface area contributed by atoms with Crippen LogP contribution in [0.4, 0.5) is 0 Å². The minimum Gasteiger partial charge on any atom is -0.330 e. The largest absolute Gasteiger partial charge is 0.330 e. The van der Waals surface area contributed by atoms with Gasteiger partial charge in [0.15, 0.2) is 0 Å². The molecule has 1 heteroatoms. The van der Waals surface area contributed by atoms with E-state index in [4.69, 9.17) is 5.73 Å². The Balaban J connectivity index is 1.77. The monoisotopic (exact) mass is 153 g/mol. The zero-order chi connectivity index (χ0) is 7.68. The van der Waals surface area contributed by atoms with E-state index < -0.39 is 0 Å². The molecule has 11 heavy (non-hydrogen) atoms. The molecule has 2 aliphatic rings. The lowest BCUT2D eigenvalue weighted by Crippen LogP contribution is -2.12. The lowest BCUT2D eigenvalue weighted by atomic mass is 9.85. The van der Waals surface area contributed by atoms with E-state index in [-0.39, 0.29) is 0 Å². The van der Waals surface area contributed by atoms with Gasteiger partial charge in [-0.1, -0.05) is 32.1 Å². The highest BCUT2D eigenvalue weighted by Gasteiger charge is 2.41. The predicted molar refractivity (Wildman–Crippen MR) is 47.2 cm³/mol. The van der Waals surface area contributed by atoms with Crippen LogP contribution < -0.4 is 5.73 Å². The van der Waals surface area contributed by atoms with Gasteiger partial charge >= 0.3 is 0 Å². The van der Waals surface area contributed by atoms with Crippen LogP contribution in [-0.4, -0.2) is 6.54 Å². The van der Waals surface area contributed by atoms with E-state index in [9.17, 15) is 0 Å². The van der Waals surface area contributed by atoms with E-state index in [1.54, 1.807) is 0 Å². The maximum Gasteiger partial charge on any atom is -0.00460 e. The van der Waals surface area contributed by atoms with E-state index >= 15 is 0 Å². The van der Waals surface area contributed by atoms with Crippen molar-refractivity contribution in [2.45, 2.75) is 38.5 Å². The van der Waals surface area contributed by atoms with E-state index in [0.29, 0.717) is 0 Å². The van der Waals surface area contributed by atoms with Crippen molar-refractivity contribution in [1.82, 2.24) is 0 Å². The van der Waals surface area contributed by atoms with Crippen molar-refractivity contribution in [1.29, 1.82) is 0 Å². The topological polar surface area (TPSA) is 26.0 Å². The molecule has 0 aromatic rings. The molecule has 2 aliphatic carbocycles. The molecule has 2 fully saturated rings. The Labute approximate surface area is 69.4 Å². The van der Waals surface area contributed by atoms with Gasteiger partial charge in [0.1, 0.15) is 0 Å². The maximum absolute atomic E-state index is 5.63. The molecular weight excluding hydrogens is 134 g/mol. The second-order valence-corrected chi connectivity index (χ2v) is 4.29. The molecule has 0 heterocycles. The number of rotatable bonds is 2. The molecule has 0 aromatic carbocycles. The molecule has 2 rings (SSSR count). The third-order valence-corrected chi connectivity index (χ3v) is 3.54. The van der Waals surface area contributed by atoms with Crippen LogP contribution in [0.2, 0.25) is 0 Å². The fourth-order valence-corrected chi connectivity index (χ4v) is 2.68. The molecule has 0 unspecified atom stereocenters. The molecule has 0 aliphatic heterocycles. The van der Waals surface area contributed by atoms with E-state index in [0.717, 1.165) is 24.3 Å². The van der Waals surface area contributed by atoms with Crippen LogP contribution in [0.1, 0.15) is 38.5 Å². The third-order valence-electron chi connectivity index (χ3n) is 3.54. The van der Waals surface area contributed by atoms with Crippen LogP contribution in [0.25, 0.3) is 0 Å². The van der Waals surface area contributed by atoms with Crippen LogP contribution in [0.5, 0.6) is 0 Å². The molecule has 1 nitrogen and oxygen atoms in total. The SMILES string of the molecule is NC[C@@H]1C[C@H]1C1CCCCC1. The van der Waals surface area contributed by atoms with Crippen LogP contribution in [0, 0.1) is 17.8 Å². The molecule has 0 radical (unpaired) electrons. The molecule has 2 atom stereocenters. The Bertz CT molecular complexity index is 127. The lowest BCUT2D eigenvalue weighted by molar-refractivity contribution is 0.310. The summed E-state index contributed by atoms with van der Waals surface area (Å²) in [4.78, 5) is 0. The predicted octanol–water partition coefficient (Wildman–Crippen LogP) is 2.16. The summed E-state index contributed by atoms with van der Waals surface area (Å²) in [6, 6.07) is 0. The van der Waals surface area contributed by atoms with Crippen LogP contribution in [-0.2, 0) is 0 Å². The smallest absolute Gasteiger partial charge is 0.00460 e. The number of hydrogen-bond donors (Lipinski definition) is 1. The normalized spacial score (nSPS) is 39.0. The first-order valence-electron chi connectivity index (χ1n) is 5.12. The fraction of sp³-hybridized carbons (Fsp3) is 1.00. The Morgan fingerprint density at radius 3 is 2.36 bits per heavy atom. The van der Waals surface area contributed by atoms with Crippen LogP contribution in [0.15, 0.2) is 0 Å². The quantitative estimate of drug-likeness (QED) is 0.646.